The molecule has 23 nitrogen and oxygen atoms in total. The highest BCUT2D eigenvalue weighted by atomic mass is 16.6. The standard InChI is InChI=1S/C65H106N10O13/c1-18-42(8)55(50(85-15)38-51(76)75-35-24-28-49(75)56(86-16)43(9)57(77)70-48(62(82)87-17)37-45-25-20-19-21-26-45)74(14)61(81)53(40(4)5)71-60(80)54(41(6)7)73(13)36-33-44-29-31-46(32-30-44)68-58(78)47(27-22-23-34-67-63(66)83)69-59(79)52(39(2)3)72-64(84)88-65(10,11)12/h19-21,25-26,29-32,39-43,47-50,52-56H,18,22-24,27-28,33-38H2,1-17H3,(H,68,78)(H,69,79)(H,70,77)(H,71,80)(H,72,84)(H3,66,67,83)/t42-,43+,47-,48-,49-,50+,52-,53-,54-,55-,56+/m0/s1. The molecule has 2 aromatic rings. The lowest BCUT2D eigenvalue weighted by Gasteiger charge is -2.41. The number of nitrogens with one attached hydrogen (secondary N) is 6. The molecule has 1 heterocycles. The SMILES string of the molecule is CC[C@H](C)[C@@H]([C@@H](CC(=O)N1CCC[C@H]1[C@H](OC)[C@@H](C)C(=O)N[C@@H](Cc1ccccc1)C(=O)OC)OC)N(C)C(=O)[C@@H](NC(=O)[C@H](C(C)C)N(C)CCc1ccc(NC(=O)[C@H](CCCCNC(N)=O)NC(=O)[C@@H](NC(=O)OC(C)(C)C)C(C)C)cc1)C(C)C. The predicted octanol–water partition coefficient (Wildman–Crippen LogP) is 5.96. The molecule has 1 fully saturated rings. The van der Waals surface area contributed by atoms with Crippen molar-refractivity contribution in [2.75, 3.05) is 60.4 Å². The summed E-state index contributed by atoms with van der Waals surface area (Å²) in [5.41, 5.74) is 6.68. The van der Waals surface area contributed by atoms with Gasteiger partial charge in [-0.25, -0.2) is 14.4 Å². The second-order valence-electron chi connectivity index (χ2n) is 25.4. The molecule has 0 saturated carbocycles. The van der Waals surface area contributed by atoms with Gasteiger partial charge in [-0.05, 0) is 113 Å². The predicted molar refractivity (Wildman–Crippen MR) is 338 cm³/mol. The van der Waals surface area contributed by atoms with Crippen LogP contribution in [-0.2, 0) is 65.4 Å². The van der Waals surface area contributed by atoms with Crippen LogP contribution in [0, 0.1) is 29.6 Å². The zero-order valence-electron chi connectivity index (χ0n) is 55.5. The van der Waals surface area contributed by atoms with E-state index in [0.717, 1.165) is 11.1 Å². The summed E-state index contributed by atoms with van der Waals surface area (Å²) in [5, 5.41) is 16.8. The number of carbonyl (C=O) groups excluding carboxylic acids is 9. The summed E-state index contributed by atoms with van der Waals surface area (Å²) in [6.07, 6.45) is 1.60. The summed E-state index contributed by atoms with van der Waals surface area (Å²) >= 11 is 0. The van der Waals surface area contributed by atoms with Crippen LogP contribution in [0.2, 0.25) is 0 Å². The van der Waals surface area contributed by atoms with E-state index >= 15 is 0 Å². The number of unbranched alkanes of at least 4 members (excludes halogenated alkanes) is 1. The van der Waals surface area contributed by atoms with Gasteiger partial charge in [-0.2, -0.15) is 0 Å². The van der Waals surface area contributed by atoms with Gasteiger partial charge >= 0.3 is 18.1 Å². The number of primary amides is 1. The summed E-state index contributed by atoms with van der Waals surface area (Å²) in [6.45, 7) is 23.3. The summed E-state index contributed by atoms with van der Waals surface area (Å²) in [4.78, 5) is 127. The molecule has 9 amide bonds. The number of rotatable bonds is 35. The first-order chi connectivity index (χ1) is 41.4. The first-order valence-corrected chi connectivity index (χ1v) is 31.2. The molecule has 11 atom stereocenters. The van der Waals surface area contributed by atoms with Crippen LogP contribution in [0.15, 0.2) is 54.6 Å². The molecule has 0 bridgehead atoms. The molecule has 1 aliphatic heterocycles. The zero-order valence-corrected chi connectivity index (χ0v) is 55.5. The lowest BCUT2D eigenvalue weighted by Crippen LogP contribution is -2.60. The van der Waals surface area contributed by atoms with Gasteiger partial charge in [-0.3, -0.25) is 33.7 Å². The number of methoxy groups -OCH3 is 3. The molecule has 494 valence electrons. The van der Waals surface area contributed by atoms with Gasteiger partial charge in [0.1, 0.15) is 29.8 Å². The molecule has 2 aromatic carbocycles. The minimum atomic E-state index is -0.996. The van der Waals surface area contributed by atoms with Gasteiger partial charge in [-0.1, -0.05) is 111 Å². The van der Waals surface area contributed by atoms with E-state index in [2.05, 4.69) is 31.9 Å². The quantitative estimate of drug-likeness (QED) is 0.0310. The van der Waals surface area contributed by atoms with Crippen LogP contribution < -0.4 is 37.6 Å². The maximum absolute atomic E-state index is 14.9. The highest BCUT2D eigenvalue weighted by Gasteiger charge is 2.44. The highest BCUT2D eigenvalue weighted by Crippen LogP contribution is 2.30. The van der Waals surface area contributed by atoms with Gasteiger partial charge in [0, 0.05) is 53.0 Å². The van der Waals surface area contributed by atoms with Crippen molar-refractivity contribution in [3.8, 4) is 0 Å². The highest BCUT2D eigenvalue weighted by molar-refractivity contribution is 5.98. The van der Waals surface area contributed by atoms with Crippen molar-refractivity contribution in [1.82, 2.24) is 41.3 Å². The zero-order chi connectivity index (χ0) is 66.2. The summed E-state index contributed by atoms with van der Waals surface area (Å²) in [5.74, 6) is -4.57. The number of benzene rings is 2. The number of likely N-dealkylation sites (N-methyl/N-ethyl adjacent to an activating group) is 2. The molecular weight excluding hydrogens is 1130 g/mol. The number of urea groups is 1. The van der Waals surface area contributed by atoms with E-state index in [-0.39, 0.29) is 67.2 Å². The van der Waals surface area contributed by atoms with Crippen LogP contribution >= 0.6 is 0 Å². The van der Waals surface area contributed by atoms with Crippen LogP contribution in [0.3, 0.4) is 0 Å². The Morgan fingerprint density at radius 1 is 0.716 bits per heavy atom. The van der Waals surface area contributed by atoms with Crippen LogP contribution in [0.5, 0.6) is 0 Å². The number of esters is 1. The third-order valence-electron chi connectivity index (χ3n) is 16.4. The lowest BCUT2D eigenvalue weighted by molar-refractivity contribution is -0.149. The van der Waals surface area contributed by atoms with Gasteiger partial charge in [0.15, 0.2) is 0 Å². The van der Waals surface area contributed by atoms with Crippen molar-refractivity contribution in [1.29, 1.82) is 0 Å². The molecule has 0 spiro atoms. The number of amides is 9. The number of ether oxygens (including phenoxy) is 4. The molecule has 23 heteroatoms. The monoisotopic (exact) mass is 1230 g/mol. The maximum Gasteiger partial charge on any atom is 0.408 e. The topological polar surface area (TPSA) is 298 Å². The third kappa shape index (κ3) is 23.6. The summed E-state index contributed by atoms with van der Waals surface area (Å²) in [6, 6.07) is 10.4. The van der Waals surface area contributed by atoms with E-state index in [0.29, 0.717) is 57.3 Å². The minimum absolute atomic E-state index is 0.0640. The van der Waals surface area contributed by atoms with E-state index in [4.69, 9.17) is 24.7 Å². The van der Waals surface area contributed by atoms with E-state index in [1.165, 1.54) is 21.3 Å². The fourth-order valence-corrected chi connectivity index (χ4v) is 11.4. The second-order valence-corrected chi connectivity index (χ2v) is 25.4. The molecule has 0 aromatic heterocycles. The van der Waals surface area contributed by atoms with Crippen molar-refractivity contribution in [2.24, 2.45) is 35.3 Å². The van der Waals surface area contributed by atoms with Crippen molar-refractivity contribution in [2.45, 2.75) is 201 Å². The molecular formula is C65H106N10O13. The van der Waals surface area contributed by atoms with Crippen LogP contribution in [0.4, 0.5) is 15.3 Å². The molecule has 0 radical (unpaired) electrons. The molecule has 88 heavy (non-hydrogen) atoms. The van der Waals surface area contributed by atoms with Crippen LogP contribution in [0.1, 0.15) is 139 Å². The first-order valence-electron chi connectivity index (χ1n) is 31.2. The molecule has 1 saturated heterocycles. The first kappa shape index (κ1) is 75.4. The molecule has 8 N–H and O–H groups in total. The second kappa shape index (κ2) is 36.6. The number of anilines is 1. The Hall–Kier alpha value is -6.85. The van der Waals surface area contributed by atoms with Gasteiger partial charge in [-0.15, -0.1) is 0 Å². The largest absolute Gasteiger partial charge is 0.467 e. The Morgan fingerprint density at radius 3 is 1.89 bits per heavy atom. The Bertz CT molecular complexity index is 2560. The van der Waals surface area contributed by atoms with Crippen molar-refractivity contribution < 1.29 is 62.1 Å². The van der Waals surface area contributed by atoms with Gasteiger partial charge < -0.3 is 66.4 Å². The lowest BCUT2D eigenvalue weighted by atomic mass is 9.89. The number of nitrogens with zero attached hydrogens (tertiary/aromatic N) is 3. The maximum atomic E-state index is 14.9. The number of likely N-dealkylation sites (tertiary alicyclic amines) is 1. The fourth-order valence-electron chi connectivity index (χ4n) is 11.4. The van der Waals surface area contributed by atoms with Gasteiger partial charge in [0.2, 0.25) is 35.4 Å². The summed E-state index contributed by atoms with van der Waals surface area (Å²) < 4.78 is 22.5. The third-order valence-corrected chi connectivity index (χ3v) is 16.4. The molecule has 0 aliphatic carbocycles. The Balaban J connectivity index is 1.73. The molecule has 1 aliphatic rings. The van der Waals surface area contributed by atoms with Crippen molar-refractivity contribution in [3.05, 3.63) is 65.7 Å². The van der Waals surface area contributed by atoms with Crippen molar-refractivity contribution in [3.63, 3.8) is 0 Å². The Kier molecular flexibility index (Phi) is 31.3. The van der Waals surface area contributed by atoms with Crippen LogP contribution in [0.25, 0.3) is 0 Å². The van der Waals surface area contributed by atoms with E-state index in [9.17, 15) is 43.2 Å². The van der Waals surface area contributed by atoms with Crippen LogP contribution in [-0.4, -0.2) is 183 Å². The number of alkyl carbamates (subject to hydrolysis) is 1. The summed E-state index contributed by atoms with van der Waals surface area (Å²) in [7, 11) is 7.87. The fraction of sp³-hybridized carbons (Fsp3) is 0.677. The van der Waals surface area contributed by atoms with Gasteiger partial charge in [0.05, 0.1) is 49.8 Å². The average Bonchev–Trinajstić information content (AvgIpc) is 4.20. The van der Waals surface area contributed by atoms with E-state index < -0.39 is 102 Å². The number of hydrogen-bond donors (Lipinski definition) is 7. The number of carbonyl (C=O) groups is 9. The normalized spacial score (nSPS) is 16.9. The molecule has 3 rings (SSSR count). The smallest absolute Gasteiger partial charge is 0.408 e. The Labute approximate surface area is 523 Å². The Morgan fingerprint density at radius 2 is 1.34 bits per heavy atom. The van der Waals surface area contributed by atoms with Gasteiger partial charge in [0.25, 0.3) is 0 Å². The molecule has 0 unspecified atom stereocenters. The minimum Gasteiger partial charge on any atom is -0.467 e. The van der Waals surface area contributed by atoms with E-state index in [1.54, 1.807) is 70.5 Å². The average molecular weight is 1240 g/mol. The number of hydrogen-bond acceptors (Lipinski definition) is 14. The van der Waals surface area contributed by atoms with E-state index in [1.807, 2.05) is 96.0 Å². The number of nitrogens with two attached hydrogens (primary N) is 1. The van der Waals surface area contributed by atoms with Crippen molar-refractivity contribution >= 4 is 59.2 Å².